The Labute approximate surface area is 247 Å². The van der Waals surface area contributed by atoms with Crippen LogP contribution in [0.25, 0.3) is 10.9 Å². The summed E-state index contributed by atoms with van der Waals surface area (Å²) in [6, 6.07) is 15.9. The lowest BCUT2D eigenvalue weighted by atomic mass is 9.91. The standard InChI is InChI=1S/C33H42N6O3/c1-23-29-9-4-5-10-30(29)39(16-7-17-42-3)32(23)25-8-6-15-38(22-25)31(40)19-27(34)18-24-11-13-28(14-12-24)36-33(41)26-20-35-37(2)21-26/h4-5,9-14,20-21,25,27H,6-8,15-19,22,34H2,1-3H3,(H,36,41). The van der Waals surface area contributed by atoms with Gasteiger partial charge in [-0.25, -0.2) is 0 Å². The van der Waals surface area contributed by atoms with E-state index in [2.05, 4.69) is 46.2 Å². The second-order valence-corrected chi connectivity index (χ2v) is 11.4. The molecule has 5 rings (SSSR count). The van der Waals surface area contributed by atoms with Gasteiger partial charge < -0.3 is 25.3 Å². The molecule has 2 atom stereocenters. The number of hydrogen-bond acceptors (Lipinski definition) is 5. The number of para-hydroxylation sites is 1. The van der Waals surface area contributed by atoms with Crippen LogP contribution >= 0.6 is 0 Å². The van der Waals surface area contributed by atoms with E-state index in [9.17, 15) is 9.59 Å². The Balaban J connectivity index is 1.19. The number of benzene rings is 2. The molecule has 4 aromatic rings. The number of aromatic nitrogens is 3. The number of hydrogen-bond donors (Lipinski definition) is 2. The smallest absolute Gasteiger partial charge is 0.258 e. The van der Waals surface area contributed by atoms with Crippen molar-refractivity contribution in [2.45, 2.75) is 57.5 Å². The number of piperidine rings is 1. The molecule has 0 saturated carbocycles. The fourth-order valence-corrected chi connectivity index (χ4v) is 6.25. The summed E-state index contributed by atoms with van der Waals surface area (Å²) >= 11 is 0. The van der Waals surface area contributed by atoms with Gasteiger partial charge in [0.1, 0.15) is 0 Å². The molecule has 2 aromatic carbocycles. The van der Waals surface area contributed by atoms with Gasteiger partial charge in [0.25, 0.3) is 5.91 Å². The van der Waals surface area contributed by atoms with Gasteiger partial charge in [0, 0.05) is 87.3 Å². The van der Waals surface area contributed by atoms with Crippen LogP contribution in [0.2, 0.25) is 0 Å². The van der Waals surface area contributed by atoms with Crippen molar-refractivity contribution in [3.05, 3.63) is 83.3 Å². The Kier molecular flexibility index (Phi) is 9.39. The number of rotatable bonds is 11. The van der Waals surface area contributed by atoms with E-state index in [1.165, 1.54) is 28.4 Å². The van der Waals surface area contributed by atoms with Crippen LogP contribution in [0.3, 0.4) is 0 Å². The number of amides is 2. The molecule has 42 heavy (non-hydrogen) atoms. The number of likely N-dealkylation sites (tertiary alicyclic amines) is 1. The molecule has 9 heteroatoms. The number of nitrogens with zero attached hydrogens (tertiary/aromatic N) is 4. The monoisotopic (exact) mass is 570 g/mol. The van der Waals surface area contributed by atoms with Crippen LogP contribution in [0.1, 0.15) is 58.8 Å². The minimum absolute atomic E-state index is 0.118. The van der Waals surface area contributed by atoms with Crippen LogP contribution in [0.5, 0.6) is 0 Å². The van der Waals surface area contributed by atoms with Crippen molar-refractivity contribution in [1.82, 2.24) is 19.2 Å². The third kappa shape index (κ3) is 6.74. The maximum absolute atomic E-state index is 13.4. The minimum Gasteiger partial charge on any atom is -0.385 e. The fraction of sp³-hybridized carbons (Fsp3) is 0.424. The van der Waals surface area contributed by atoms with Crippen molar-refractivity contribution in [3.8, 4) is 0 Å². The average Bonchev–Trinajstić information content (AvgIpc) is 3.55. The van der Waals surface area contributed by atoms with Gasteiger partial charge in [-0.05, 0) is 61.9 Å². The Morgan fingerprint density at radius 2 is 1.95 bits per heavy atom. The average molecular weight is 571 g/mol. The number of aryl methyl sites for hydroxylation is 3. The quantitative estimate of drug-likeness (QED) is 0.256. The number of carbonyl (C=O) groups excluding carboxylic acids is 2. The Morgan fingerprint density at radius 1 is 1.17 bits per heavy atom. The number of nitrogens with one attached hydrogen (secondary N) is 1. The van der Waals surface area contributed by atoms with Crippen molar-refractivity contribution in [2.24, 2.45) is 12.8 Å². The van der Waals surface area contributed by atoms with Crippen LogP contribution < -0.4 is 11.1 Å². The summed E-state index contributed by atoms with van der Waals surface area (Å²) < 4.78 is 9.39. The topological polar surface area (TPSA) is 107 Å². The van der Waals surface area contributed by atoms with Crippen molar-refractivity contribution in [2.75, 3.05) is 32.1 Å². The molecule has 1 aliphatic rings. The molecule has 0 spiro atoms. The number of nitrogens with two attached hydrogens (primary N) is 1. The molecular weight excluding hydrogens is 528 g/mol. The maximum Gasteiger partial charge on any atom is 0.258 e. The van der Waals surface area contributed by atoms with Crippen molar-refractivity contribution in [1.29, 1.82) is 0 Å². The lowest BCUT2D eigenvalue weighted by Gasteiger charge is -2.34. The summed E-state index contributed by atoms with van der Waals surface area (Å²) in [5.74, 6) is 0.207. The van der Waals surface area contributed by atoms with Gasteiger partial charge in [-0.3, -0.25) is 14.3 Å². The van der Waals surface area contributed by atoms with E-state index < -0.39 is 0 Å². The SMILES string of the molecule is COCCCn1c(C2CCCN(C(=O)CC(N)Cc3ccc(NC(=O)c4cnn(C)c4)cc3)C2)c(C)c2ccccc21. The van der Waals surface area contributed by atoms with Gasteiger partial charge in [0.15, 0.2) is 0 Å². The molecule has 2 unspecified atom stereocenters. The lowest BCUT2D eigenvalue weighted by Crippen LogP contribution is -2.42. The molecule has 3 heterocycles. The minimum atomic E-state index is -0.282. The summed E-state index contributed by atoms with van der Waals surface area (Å²) in [6.45, 7) is 5.34. The highest BCUT2D eigenvalue weighted by Gasteiger charge is 2.29. The number of fused-ring (bicyclic) bond motifs is 1. The lowest BCUT2D eigenvalue weighted by molar-refractivity contribution is -0.132. The number of ether oxygens (including phenoxy) is 1. The van der Waals surface area contributed by atoms with Gasteiger partial charge in [-0.1, -0.05) is 30.3 Å². The van der Waals surface area contributed by atoms with Gasteiger partial charge in [0.05, 0.1) is 11.8 Å². The molecule has 222 valence electrons. The summed E-state index contributed by atoms with van der Waals surface area (Å²) in [6.07, 6.45) is 7.11. The molecule has 1 fully saturated rings. The second-order valence-electron chi connectivity index (χ2n) is 11.4. The first-order chi connectivity index (χ1) is 20.3. The summed E-state index contributed by atoms with van der Waals surface area (Å²) in [4.78, 5) is 27.8. The Bertz CT molecular complexity index is 1520. The zero-order chi connectivity index (χ0) is 29.6. The molecular formula is C33H42N6O3. The number of anilines is 1. The van der Waals surface area contributed by atoms with Gasteiger partial charge in [-0.15, -0.1) is 0 Å². The predicted octanol–water partition coefficient (Wildman–Crippen LogP) is 4.64. The number of carbonyl (C=O) groups is 2. The van der Waals surface area contributed by atoms with Crippen LogP contribution in [0.15, 0.2) is 60.9 Å². The van der Waals surface area contributed by atoms with Crippen LogP contribution in [0, 0.1) is 6.92 Å². The van der Waals surface area contributed by atoms with Crippen LogP contribution in [-0.2, 0) is 29.5 Å². The first-order valence-corrected chi connectivity index (χ1v) is 14.8. The van der Waals surface area contributed by atoms with E-state index >= 15 is 0 Å². The van der Waals surface area contributed by atoms with E-state index in [4.69, 9.17) is 10.5 Å². The summed E-state index contributed by atoms with van der Waals surface area (Å²) in [7, 11) is 3.52. The van der Waals surface area contributed by atoms with E-state index in [1.807, 2.05) is 29.2 Å². The number of methoxy groups -OCH3 is 1. The normalized spacial score (nSPS) is 16.1. The van der Waals surface area contributed by atoms with E-state index in [1.54, 1.807) is 25.0 Å². The van der Waals surface area contributed by atoms with Crippen molar-refractivity contribution in [3.63, 3.8) is 0 Å². The van der Waals surface area contributed by atoms with Gasteiger partial charge in [-0.2, -0.15) is 5.10 Å². The molecule has 9 nitrogen and oxygen atoms in total. The maximum atomic E-state index is 13.4. The molecule has 1 saturated heterocycles. The third-order valence-electron chi connectivity index (χ3n) is 8.28. The zero-order valence-corrected chi connectivity index (χ0v) is 24.9. The van der Waals surface area contributed by atoms with Gasteiger partial charge in [0.2, 0.25) is 5.91 Å². The van der Waals surface area contributed by atoms with Crippen LogP contribution in [0.4, 0.5) is 5.69 Å². The molecule has 2 aromatic heterocycles. The fourth-order valence-electron chi connectivity index (χ4n) is 6.25. The summed E-state index contributed by atoms with van der Waals surface area (Å²) in [5, 5.41) is 8.21. The highest BCUT2D eigenvalue weighted by molar-refractivity contribution is 6.03. The molecule has 0 radical (unpaired) electrons. The van der Waals surface area contributed by atoms with Gasteiger partial charge >= 0.3 is 0 Å². The summed E-state index contributed by atoms with van der Waals surface area (Å²) in [5.41, 5.74) is 12.6. The Hall–Kier alpha value is -3.95. The van der Waals surface area contributed by atoms with Crippen molar-refractivity contribution < 1.29 is 14.3 Å². The zero-order valence-electron chi connectivity index (χ0n) is 24.9. The second kappa shape index (κ2) is 13.4. The predicted molar refractivity (Wildman–Crippen MR) is 166 cm³/mol. The first kappa shape index (κ1) is 29.5. The third-order valence-corrected chi connectivity index (χ3v) is 8.28. The molecule has 3 N–H and O–H groups in total. The molecule has 0 aliphatic carbocycles. The van der Waals surface area contributed by atoms with E-state index in [0.29, 0.717) is 30.0 Å². The van der Waals surface area contributed by atoms with Crippen LogP contribution in [-0.4, -0.2) is 63.9 Å². The van der Waals surface area contributed by atoms with E-state index in [0.717, 1.165) is 51.1 Å². The molecule has 0 bridgehead atoms. The highest BCUT2D eigenvalue weighted by atomic mass is 16.5. The highest BCUT2D eigenvalue weighted by Crippen LogP contribution is 2.36. The van der Waals surface area contributed by atoms with E-state index in [-0.39, 0.29) is 17.9 Å². The first-order valence-electron chi connectivity index (χ1n) is 14.8. The Morgan fingerprint density at radius 3 is 2.69 bits per heavy atom. The molecule has 1 aliphatic heterocycles. The molecule has 2 amide bonds. The van der Waals surface area contributed by atoms with Crippen molar-refractivity contribution >= 4 is 28.4 Å². The largest absolute Gasteiger partial charge is 0.385 e.